The highest BCUT2D eigenvalue weighted by atomic mass is 35.5. The van der Waals surface area contributed by atoms with Crippen molar-refractivity contribution in [1.82, 2.24) is 14.9 Å². The zero-order chi connectivity index (χ0) is 18.7. The molecule has 0 bridgehead atoms. The highest BCUT2D eigenvalue weighted by Gasteiger charge is 2.20. The maximum absolute atomic E-state index is 12.3. The van der Waals surface area contributed by atoms with Crippen molar-refractivity contribution in [2.45, 2.75) is 6.92 Å². The lowest BCUT2D eigenvalue weighted by Gasteiger charge is -2.34. The van der Waals surface area contributed by atoms with Crippen LogP contribution in [0.25, 0.3) is 0 Å². The molecule has 2 amide bonds. The molecule has 26 heavy (non-hydrogen) atoms. The summed E-state index contributed by atoms with van der Waals surface area (Å²) in [6, 6.07) is 5.00. The van der Waals surface area contributed by atoms with Crippen molar-refractivity contribution in [2.24, 2.45) is 0 Å². The van der Waals surface area contributed by atoms with Crippen LogP contribution in [0.2, 0.25) is 10.0 Å². The summed E-state index contributed by atoms with van der Waals surface area (Å²) in [5.41, 5.74) is 0.737. The Labute approximate surface area is 160 Å². The van der Waals surface area contributed by atoms with Crippen LogP contribution in [-0.4, -0.2) is 52.9 Å². The van der Waals surface area contributed by atoms with Gasteiger partial charge in [-0.1, -0.05) is 29.3 Å². The molecule has 1 aliphatic rings. The van der Waals surface area contributed by atoms with Gasteiger partial charge in [0, 0.05) is 45.5 Å². The number of carbonyl (C=O) groups is 2. The molecule has 7 nitrogen and oxygen atoms in total. The van der Waals surface area contributed by atoms with Crippen LogP contribution in [0, 0.1) is 0 Å². The zero-order valence-electron chi connectivity index (χ0n) is 14.1. The van der Waals surface area contributed by atoms with Crippen LogP contribution in [0.5, 0.6) is 0 Å². The fourth-order valence-corrected chi connectivity index (χ4v) is 2.97. The molecule has 1 saturated heterocycles. The topological polar surface area (TPSA) is 78.4 Å². The monoisotopic (exact) mass is 393 g/mol. The van der Waals surface area contributed by atoms with E-state index in [1.54, 1.807) is 30.0 Å². The number of amides is 2. The number of carbonyl (C=O) groups excluding carboxylic acids is 2. The van der Waals surface area contributed by atoms with Crippen molar-refractivity contribution in [2.75, 3.05) is 36.4 Å². The molecule has 0 radical (unpaired) electrons. The summed E-state index contributed by atoms with van der Waals surface area (Å²) < 4.78 is 0. The summed E-state index contributed by atoms with van der Waals surface area (Å²) in [5, 5.41) is 3.33. The van der Waals surface area contributed by atoms with Gasteiger partial charge in [-0.2, -0.15) is 0 Å². The number of halogens is 2. The van der Waals surface area contributed by atoms with Crippen LogP contribution >= 0.6 is 23.2 Å². The molecule has 0 aliphatic carbocycles. The minimum absolute atomic E-state index is 0.0669. The van der Waals surface area contributed by atoms with Crippen LogP contribution in [0.4, 0.5) is 11.6 Å². The highest BCUT2D eigenvalue weighted by Crippen LogP contribution is 2.29. The number of hydrogen-bond acceptors (Lipinski definition) is 5. The van der Waals surface area contributed by atoms with Gasteiger partial charge in [-0.25, -0.2) is 9.97 Å². The van der Waals surface area contributed by atoms with Gasteiger partial charge in [0.2, 0.25) is 11.9 Å². The first-order valence-corrected chi connectivity index (χ1v) is 8.79. The lowest BCUT2D eigenvalue weighted by atomic mass is 10.2. The molecule has 2 heterocycles. The van der Waals surface area contributed by atoms with Crippen molar-refractivity contribution in [3.05, 3.63) is 46.2 Å². The molecular weight excluding hydrogens is 377 g/mol. The van der Waals surface area contributed by atoms with Gasteiger partial charge in [0.15, 0.2) is 0 Å². The normalized spacial score (nSPS) is 14.3. The second kappa shape index (κ2) is 7.88. The van der Waals surface area contributed by atoms with E-state index in [2.05, 4.69) is 15.3 Å². The Kier molecular flexibility index (Phi) is 5.58. The Morgan fingerprint density at radius 1 is 1.08 bits per heavy atom. The third kappa shape index (κ3) is 4.05. The Hall–Kier alpha value is -2.38. The van der Waals surface area contributed by atoms with Gasteiger partial charge in [0.1, 0.15) is 0 Å². The van der Waals surface area contributed by atoms with E-state index >= 15 is 0 Å². The molecule has 136 valence electrons. The van der Waals surface area contributed by atoms with Crippen molar-refractivity contribution >= 4 is 46.7 Å². The summed E-state index contributed by atoms with van der Waals surface area (Å²) in [7, 11) is 0. The number of benzene rings is 1. The summed E-state index contributed by atoms with van der Waals surface area (Å²) in [6.45, 7) is 4.14. The molecule has 9 heteroatoms. The fraction of sp³-hybridized carbons (Fsp3) is 0.294. The van der Waals surface area contributed by atoms with Crippen molar-refractivity contribution in [3.8, 4) is 0 Å². The summed E-state index contributed by atoms with van der Waals surface area (Å²) >= 11 is 12.0. The largest absolute Gasteiger partial charge is 0.339 e. The lowest BCUT2D eigenvalue weighted by Crippen LogP contribution is -2.48. The molecule has 1 aliphatic heterocycles. The summed E-state index contributed by atoms with van der Waals surface area (Å²) in [4.78, 5) is 36.0. The van der Waals surface area contributed by atoms with E-state index in [1.807, 2.05) is 4.90 Å². The van der Waals surface area contributed by atoms with E-state index in [0.29, 0.717) is 48.4 Å². The third-order valence-electron chi connectivity index (χ3n) is 4.11. The minimum atomic E-state index is -0.373. The second-order valence-electron chi connectivity index (χ2n) is 5.82. The number of hydrogen-bond donors (Lipinski definition) is 1. The molecule has 1 N–H and O–H groups in total. The maximum Gasteiger partial charge on any atom is 0.258 e. The van der Waals surface area contributed by atoms with Gasteiger partial charge in [0.05, 0.1) is 21.3 Å². The van der Waals surface area contributed by atoms with Crippen LogP contribution < -0.4 is 10.2 Å². The molecule has 2 aromatic rings. The van der Waals surface area contributed by atoms with Crippen molar-refractivity contribution in [3.63, 3.8) is 0 Å². The molecule has 3 rings (SSSR count). The Morgan fingerprint density at radius 2 is 1.73 bits per heavy atom. The standard InChI is InChI=1S/C17H17Cl2N5O2/c1-11(25)23-5-7-24(8-6-23)17-20-9-12(10-21-17)16(26)22-14-4-2-3-13(18)15(14)19/h2-4,9-10H,5-8H2,1H3,(H,22,26). The van der Waals surface area contributed by atoms with Gasteiger partial charge < -0.3 is 15.1 Å². The van der Waals surface area contributed by atoms with Crippen LogP contribution in [0.3, 0.4) is 0 Å². The predicted octanol–water partition coefficient (Wildman–Crippen LogP) is 2.70. The van der Waals surface area contributed by atoms with E-state index in [9.17, 15) is 9.59 Å². The quantitative estimate of drug-likeness (QED) is 0.866. The molecule has 0 atom stereocenters. The van der Waals surface area contributed by atoms with Gasteiger partial charge in [-0.05, 0) is 12.1 Å². The van der Waals surface area contributed by atoms with Gasteiger partial charge >= 0.3 is 0 Å². The van der Waals surface area contributed by atoms with Crippen LogP contribution in [0.15, 0.2) is 30.6 Å². The molecule has 1 aromatic carbocycles. The van der Waals surface area contributed by atoms with Crippen molar-refractivity contribution in [1.29, 1.82) is 0 Å². The van der Waals surface area contributed by atoms with Crippen LogP contribution in [-0.2, 0) is 4.79 Å². The Morgan fingerprint density at radius 3 is 2.35 bits per heavy atom. The van der Waals surface area contributed by atoms with Gasteiger partial charge in [-0.15, -0.1) is 0 Å². The third-order valence-corrected chi connectivity index (χ3v) is 4.93. The number of aromatic nitrogens is 2. The number of rotatable bonds is 3. The first-order chi connectivity index (χ1) is 12.5. The van der Waals surface area contributed by atoms with E-state index in [4.69, 9.17) is 23.2 Å². The van der Waals surface area contributed by atoms with E-state index < -0.39 is 0 Å². The predicted molar refractivity (Wildman–Crippen MR) is 101 cm³/mol. The molecular formula is C17H17Cl2N5O2. The second-order valence-corrected chi connectivity index (χ2v) is 6.61. The molecule has 0 spiro atoms. The highest BCUT2D eigenvalue weighted by molar-refractivity contribution is 6.44. The van der Waals surface area contributed by atoms with E-state index in [0.717, 1.165) is 0 Å². The molecule has 1 fully saturated rings. The fourth-order valence-electron chi connectivity index (χ4n) is 2.62. The summed E-state index contributed by atoms with van der Waals surface area (Å²) in [5.74, 6) is 0.227. The molecule has 1 aromatic heterocycles. The molecule has 0 saturated carbocycles. The van der Waals surface area contributed by atoms with Gasteiger partial charge in [0.25, 0.3) is 5.91 Å². The number of anilines is 2. The van der Waals surface area contributed by atoms with E-state index in [1.165, 1.54) is 12.4 Å². The van der Waals surface area contributed by atoms with Crippen LogP contribution in [0.1, 0.15) is 17.3 Å². The summed E-state index contributed by atoms with van der Waals surface area (Å²) in [6.07, 6.45) is 2.93. The van der Waals surface area contributed by atoms with E-state index in [-0.39, 0.29) is 16.8 Å². The SMILES string of the molecule is CC(=O)N1CCN(c2ncc(C(=O)Nc3cccc(Cl)c3Cl)cn2)CC1. The Bertz CT molecular complexity index is 820. The lowest BCUT2D eigenvalue weighted by molar-refractivity contribution is -0.129. The molecule has 0 unspecified atom stereocenters. The first-order valence-electron chi connectivity index (χ1n) is 8.03. The maximum atomic E-state index is 12.3. The number of piperazine rings is 1. The first kappa shape index (κ1) is 18.4. The number of nitrogens with zero attached hydrogens (tertiary/aromatic N) is 4. The number of nitrogens with one attached hydrogen (secondary N) is 1. The average Bonchev–Trinajstić information content (AvgIpc) is 2.65. The smallest absolute Gasteiger partial charge is 0.258 e. The Balaban J connectivity index is 1.65. The van der Waals surface area contributed by atoms with Crippen molar-refractivity contribution < 1.29 is 9.59 Å². The minimum Gasteiger partial charge on any atom is -0.339 e. The van der Waals surface area contributed by atoms with Gasteiger partial charge in [-0.3, -0.25) is 9.59 Å². The average molecular weight is 394 g/mol. The zero-order valence-corrected chi connectivity index (χ0v) is 15.6.